The van der Waals surface area contributed by atoms with Crippen LogP contribution in [0.2, 0.25) is 0 Å². The highest BCUT2D eigenvalue weighted by atomic mass is 32.2. The van der Waals surface area contributed by atoms with Gasteiger partial charge in [0.15, 0.2) is 5.12 Å². The predicted molar refractivity (Wildman–Crippen MR) is 86.5 cm³/mol. The highest BCUT2D eigenvalue weighted by Gasteiger charge is 2.30. The molecule has 120 valence electrons. The molecule has 0 radical (unpaired) electrons. The number of nitrogens with zero attached hydrogens (tertiary/aromatic N) is 1. The first-order valence-electron chi connectivity index (χ1n) is 7.18. The van der Waals surface area contributed by atoms with Crippen LogP contribution in [0.1, 0.15) is 18.9 Å². The second-order valence-corrected chi connectivity index (χ2v) is 6.72. The molecule has 1 heterocycles. The fraction of sp³-hybridized carbons (Fsp3) is 0.500. The van der Waals surface area contributed by atoms with E-state index in [-0.39, 0.29) is 16.3 Å². The standard InChI is InChI=1S/C16H21NO4S/c1-11(18)22-15-9-16(19)17(10-15)5-4-12-6-13(20-2)8-14(7-12)21-3/h6-8,15H,4-5,9-10H2,1-3H3. The number of carbonyl (C=O) groups excluding carboxylic acids is 2. The Bertz CT molecular complexity index is 539. The summed E-state index contributed by atoms with van der Waals surface area (Å²) in [5.74, 6) is 1.60. The summed E-state index contributed by atoms with van der Waals surface area (Å²) in [5, 5.41) is 0.155. The Kier molecular flexibility index (Phi) is 5.71. The van der Waals surface area contributed by atoms with Crippen LogP contribution in [-0.2, 0) is 16.0 Å². The van der Waals surface area contributed by atoms with E-state index in [1.807, 2.05) is 23.1 Å². The van der Waals surface area contributed by atoms with Gasteiger partial charge in [0.25, 0.3) is 0 Å². The molecule has 0 N–H and O–H groups in total. The zero-order valence-corrected chi connectivity index (χ0v) is 13.9. The number of likely N-dealkylation sites (tertiary alicyclic amines) is 1. The van der Waals surface area contributed by atoms with Crippen molar-refractivity contribution in [2.75, 3.05) is 27.3 Å². The molecule has 1 amide bonds. The molecule has 0 aromatic heterocycles. The lowest BCUT2D eigenvalue weighted by atomic mass is 10.1. The van der Waals surface area contributed by atoms with Crippen LogP contribution in [0.5, 0.6) is 11.5 Å². The first kappa shape index (κ1) is 16.7. The van der Waals surface area contributed by atoms with Crippen LogP contribution in [-0.4, -0.2) is 48.5 Å². The number of hydrogen-bond donors (Lipinski definition) is 0. The van der Waals surface area contributed by atoms with Crippen molar-refractivity contribution in [3.8, 4) is 11.5 Å². The van der Waals surface area contributed by atoms with Crippen LogP contribution in [0, 0.1) is 0 Å². The molecule has 6 heteroatoms. The van der Waals surface area contributed by atoms with Gasteiger partial charge in [0, 0.05) is 37.8 Å². The van der Waals surface area contributed by atoms with Crippen molar-refractivity contribution >= 4 is 22.8 Å². The maximum atomic E-state index is 12.0. The number of benzene rings is 1. The Hall–Kier alpha value is -1.69. The molecule has 1 aliphatic heterocycles. The van der Waals surface area contributed by atoms with E-state index in [0.29, 0.717) is 19.5 Å². The number of carbonyl (C=O) groups is 2. The van der Waals surface area contributed by atoms with Crippen molar-refractivity contribution in [3.05, 3.63) is 23.8 Å². The lowest BCUT2D eigenvalue weighted by Crippen LogP contribution is -2.28. The quantitative estimate of drug-likeness (QED) is 0.803. The van der Waals surface area contributed by atoms with Crippen molar-refractivity contribution in [1.82, 2.24) is 4.90 Å². The van der Waals surface area contributed by atoms with Crippen molar-refractivity contribution in [3.63, 3.8) is 0 Å². The molecule has 0 saturated carbocycles. The van der Waals surface area contributed by atoms with Gasteiger partial charge in [-0.3, -0.25) is 9.59 Å². The van der Waals surface area contributed by atoms with E-state index in [1.165, 1.54) is 11.8 Å². The molecule has 1 aliphatic rings. The van der Waals surface area contributed by atoms with Gasteiger partial charge in [0.05, 0.1) is 14.2 Å². The van der Waals surface area contributed by atoms with Crippen LogP contribution < -0.4 is 9.47 Å². The largest absolute Gasteiger partial charge is 0.497 e. The number of amides is 1. The van der Waals surface area contributed by atoms with E-state index in [9.17, 15) is 9.59 Å². The molecule has 1 fully saturated rings. The first-order chi connectivity index (χ1) is 10.5. The highest BCUT2D eigenvalue weighted by molar-refractivity contribution is 8.14. The Morgan fingerprint density at radius 3 is 2.45 bits per heavy atom. The Morgan fingerprint density at radius 2 is 1.91 bits per heavy atom. The molecule has 2 rings (SSSR count). The maximum Gasteiger partial charge on any atom is 0.223 e. The lowest BCUT2D eigenvalue weighted by Gasteiger charge is -2.17. The van der Waals surface area contributed by atoms with E-state index >= 15 is 0 Å². The minimum Gasteiger partial charge on any atom is -0.497 e. The van der Waals surface area contributed by atoms with Crippen LogP contribution in [0.3, 0.4) is 0 Å². The third kappa shape index (κ3) is 4.40. The molecule has 0 bridgehead atoms. The number of rotatable bonds is 6. The van der Waals surface area contributed by atoms with E-state index in [1.54, 1.807) is 21.1 Å². The van der Waals surface area contributed by atoms with Crippen LogP contribution >= 0.6 is 11.8 Å². The lowest BCUT2D eigenvalue weighted by molar-refractivity contribution is -0.127. The summed E-state index contributed by atoms with van der Waals surface area (Å²) in [7, 11) is 3.23. The van der Waals surface area contributed by atoms with E-state index in [4.69, 9.17) is 9.47 Å². The smallest absolute Gasteiger partial charge is 0.223 e. The molecule has 5 nitrogen and oxygen atoms in total. The summed E-state index contributed by atoms with van der Waals surface area (Å²) in [6.07, 6.45) is 1.18. The molecule has 1 unspecified atom stereocenters. The third-order valence-corrected chi connectivity index (χ3v) is 4.57. The van der Waals surface area contributed by atoms with Crippen molar-refractivity contribution in [1.29, 1.82) is 0 Å². The molecule has 1 aromatic rings. The molecule has 22 heavy (non-hydrogen) atoms. The van der Waals surface area contributed by atoms with Gasteiger partial charge in [-0.25, -0.2) is 0 Å². The summed E-state index contributed by atoms with van der Waals surface area (Å²) < 4.78 is 10.5. The fourth-order valence-electron chi connectivity index (χ4n) is 2.54. The minimum atomic E-state index is 0.0668. The number of thioether (sulfide) groups is 1. The zero-order valence-electron chi connectivity index (χ0n) is 13.1. The minimum absolute atomic E-state index is 0.0668. The normalized spacial score (nSPS) is 17.7. The summed E-state index contributed by atoms with van der Waals surface area (Å²) >= 11 is 1.26. The Labute approximate surface area is 135 Å². The first-order valence-corrected chi connectivity index (χ1v) is 8.06. The topological polar surface area (TPSA) is 55.8 Å². The summed E-state index contributed by atoms with van der Waals surface area (Å²) in [6.45, 7) is 2.83. The predicted octanol–water partition coefficient (Wildman–Crippen LogP) is 2.13. The average Bonchev–Trinajstić information content (AvgIpc) is 2.83. The average molecular weight is 323 g/mol. The van der Waals surface area contributed by atoms with Crippen LogP contribution in [0.25, 0.3) is 0 Å². The summed E-state index contributed by atoms with van der Waals surface area (Å²) in [4.78, 5) is 25.0. The molecule has 0 aliphatic carbocycles. The van der Waals surface area contributed by atoms with Gasteiger partial charge >= 0.3 is 0 Å². The second-order valence-electron chi connectivity index (χ2n) is 5.25. The van der Waals surface area contributed by atoms with Gasteiger partial charge in [0.2, 0.25) is 5.91 Å². The van der Waals surface area contributed by atoms with Gasteiger partial charge in [-0.05, 0) is 24.1 Å². The Balaban J connectivity index is 1.95. The van der Waals surface area contributed by atoms with Gasteiger partial charge in [0.1, 0.15) is 11.5 Å². The number of ether oxygens (including phenoxy) is 2. The molecular formula is C16H21NO4S. The van der Waals surface area contributed by atoms with Gasteiger partial charge in [-0.15, -0.1) is 0 Å². The van der Waals surface area contributed by atoms with Gasteiger partial charge < -0.3 is 14.4 Å². The van der Waals surface area contributed by atoms with Crippen molar-refractivity contribution < 1.29 is 19.1 Å². The van der Waals surface area contributed by atoms with Crippen LogP contribution in [0.15, 0.2) is 18.2 Å². The second kappa shape index (κ2) is 7.54. The highest BCUT2D eigenvalue weighted by Crippen LogP contribution is 2.26. The summed E-state index contributed by atoms with van der Waals surface area (Å²) in [6, 6.07) is 5.72. The fourth-order valence-corrected chi connectivity index (χ4v) is 3.49. The Morgan fingerprint density at radius 1 is 1.27 bits per heavy atom. The van der Waals surface area contributed by atoms with Crippen molar-refractivity contribution in [2.24, 2.45) is 0 Å². The molecular weight excluding hydrogens is 302 g/mol. The maximum absolute atomic E-state index is 12.0. The van der Waals surface area contributed by atoms with E-state index in [2.05, 4.69) is 0 Å². The van der Waals surface area contributed by atoms with Gasteiger partial charge in [-0.2, -0.15) is 0 Å². The third-order valence-electron chi connectivity index (χ3n) is 3.59. The summed E-state index contributed by atoms with van der Waals surface area (Å²) in [5.41, 5.74) is 1.06. The zero-order chi connectivity index (χ0) is 16.1. The van der Waals surface area contributed by atoms with Gasteiger partial charge in [-0.1, -0.05) is 11.8 Å². The SMILES string of the molecule is COc1cc(CCN2CC(SC(C)=O)CC2=O)cc(OC)c1. The van der Waals surface area contributed by atoms with Crippen LogP contribution in [0.4, 0.5) is 0 Å². The molecule has 0 spiro atoms. The monoisotopic (exact) mass is 323 g/mol. The number of hydrogen-bond acceptors (Lipinski definition) is 5. The van der Waals surface area contributed by atoms with E-state index < -0.39 is 0 Å². The molecule has 1 atom stereocenters. The molecule has 1 aromatic carbocycles. The van der Waals surface area contributed by atoms with Crippen molar-refractivity contribution in [2.45, 2.75) is 25.0 Å². The number of methoxy groups -OCH3 is 2. The van der Waals surface area contributed by atoms with E-state index in [0.717, 1.165) is 23.5 Å². The molecule has 1 saturated heterocycles.